The summed E-state index contributed by atoms with van der Waals surface area (Å²) in [5.41, 5.74) is 5.99. The van der Waals surface area contributed by atoms with Gasteiger partial charge in [0.15, 0.2) is 0 Å². The highest BCUT2D eigenvalue weighted by Gasteiger charge is 2.38. The first kappa shape index (κ1) is 32.0. The molecule has 216 valence electrons. The average Bonchev–Trinajstić information content (AvgIpc) is 2.88. The van der Waals surface area contributed by atoms with Crippen molar-refractivity contribution in [1.29, 1.82) is 0 Å². The number of carbonyl (C=O) groups excluding carboxylic acids is 2. The van der Waals surface area contributed by atoms with E-state index < -0.39 is 34.0 Å². The molecular weight excluding hydrogens is 539 g/mol. The van der Waals surface area contributed by atoms with Gasteiger partial charge in [0.05, 0.1) is 4.90 Å². The van der Waals surface area contributed by atoms with Crippen LogP contribution in [0.25, 0.3) is 10.8 Å². The van der Waals surface area contributed by atoms with E-state index in [0.717, 1.165) is 36.5 Å². The van der Waals surface area contributed by atoms with E-state index in [1.165, 1.54) is 12.1 Å². The van der Waals surface area contributed by atoms with Gasteiger partial charge in [-0.15, -0.1) is 0 Å². The molecule has 3 rings (SSSR count). The van der Waals surface area contributed by atoms with Crippen molar-refractivity contribution in [2.75, 3.05) is 13.1 Å². The molecule has 1 aliphatic rings. The molecule has 0 heterocycles. The fraction of sp³-hybridized carbons (Fsp3) is 0.500. The normalized spacial score (nSPS) is 18.4. The van der Waals surface area contributed by atoms with E-state index in [9.17, 15) is 31.2 Å². The van der Waals surface area contributed by atoms with Crippen LogP contribution in [0.2, 0.25) is 0 Å². The third-order valence-electron chi connectivity index (χ3n) is 6.66. The predicted molar refractivity (Wildman–Crippen MR) is 139 cm³/mol. The lowest BCUT2D eigenvalue weighted by Gasteiger charge is -2.30. The SMILES string of the molecule is CCN(CC)C(=O)C(C[C@H]1CC[C@H](N)CC1)C(=O)NS(=O)(=O)c1ccc2ccccc2c1.O=C(O)C(F)(F)F. The highest BCUT2D eigenvalue weighted by Crippen LogP contribution is 2.30. The number of halogens is 3. The molecule has 0 spiro atoms. The first-order valence-electron chi connectivity index (χ1n) is 12.6. The van der Waals surface area contributed by atoms with Crippen LogP contribution in [0.4, 0.5) is 13.2 Å². The number of fused-ring (bicyclic) bond motifs is 1. The van der Waals surface area contributed by atoms with E-state index in [0.29, 0.717) is 19.5 Å². The number of alkyl halides is 3. The molecule has 0 aliphatic heterocycles. The van der Waals surface area contributed by atoms with Crippen LogP contribution in [0, 0.1) is 11.8 Å². The summed E-state index contributed by atoms with van der Waals surface area (Å²) in [4.78, 5) is 36.8. The van der Waals surface area contributed by atoms with Crippen LogP contribution in [-0.2, 0) is 24.4 Å². The van der Waals surface area contributed by atoms with Crippen molar-refractivity contribution < 1.29 is 41.1 Å². The topological polar surface area (TPSA) is 147 Å². The van der Waals surface area contributed by atoms with Crippen LogP contribution in [0.5, 0.6) is 0 Å². The first-order valence-corrected chi connectivity index (χ1v) is 14.1. The maximum Gasteiger partial charge on any atom is 0.490 e. The molecule has 2 aromatic rings. The van der Waals surface area contributed by atoms with Gasteiger partial charge in [0.2, 0.25) is 11.8 Å². The summed E-state index contributed by atoms with van der Waals surface area (Å²) >= 11 is 0. The summed E-state index contributed by atoms with van der Waals surface area (Å²) in [6, 6.07) is 12.3. The summed E-state index contributed by atoms with van der Waals surface area (Å²) in [5, 5.41) is 8.79. The summed E-state index contributed by atoms with van der Waals surface area (Å²) in [6.45, 7) is 4.63. The molecule has 0 bridgehead atoms. The molecule has 1 saturated carbocycles. The third-order valence-corrected chi connectivity index (χ3v) is 8.00. The van der Waals surface area contributed by atoms with Crippen molar-refractivity contribution in [3.05, 3.63) is 42.5 Å². The van der Waals surface area contributed by atoms with Crippen LogP contribution < -0.4 is 10.5 Å². The lowest BCUT2D eigenvalue weighted by Crippen LogP contribution is -2.46. The number of carbonyl (C=O) groups is 3. The van der Waals surface area contributed by atoms with Crippen molar-refractivity contribution in [2.45, 2.75) is 63.1 Å². The highest BCUT2D eigenvalue weighted by molar-refractivity contribution is 7.90. The number of nitrogens with two attached hydrogens (primary N) is 1. The van der Waals surface area contributed by atoms with E-state index in [1.807, 2.05) is 38.1 Å². The largest absolute Gasteiger partial charge is 0.490 e. The maximum atomic E-state index is 13.1. The lowest BCUT2D eigenvalue weighted by atomic mass is 9.80. The van der Waals surface area contributed by atoms with E-state index in [2.05, 4.69) is 4.72 Å². The molecule has 2 aromatic carbocycles. The molecule has 4 N–H and O–H groups in total. The molecule has 39 heavy (non-hydrogen) atoms. The Balaban J connectivity index is 0.000000673. The summed E-state index contributed by atoms with van der Waals surface area (Å²) in [6.07, 6.45) is -1.36. The van der Waals surface area contributed by atoms with Gasteiger partial charge >= 0.3 is 12.1 Å². The van der Waals surface area contributed by atoms with Crippen molar-refractivity contribution in [1.82, 2.24) is 9.62 Å². The molecule has 13 heteroatoms. The number of hydrogen-bond donors (Lipinski definition) is 3. The van der Waals surface area contributed by atoms with Gasteiger partial charge in [0.25, 0.3) is 10.0 Å². The molecule has 1 aliphatic carbocycles. The van der Waals surface area contributed by atoms with Crippen LogP contribution in [0.1, 0.15) is 46.0 Å². The second kappa shape index (κ2) is 13.7. The number of amides is 2. The fourth-order valence-electron chi connectivity index (χ4n) is 4.43. The molecule has 1 fully saturated rings. The molecule has 9 nitrogen and oxygen atoms in total. The standard InChI is InChI=1S/C24H33N3O4S.C2HF3O2/c1-3-27(4-2)24(29)22(15-17-9-12-20(25)13-10-17)23(28)26-32(30,31)21-14-11-18-7-5-6-8-19(18)16-21;3-2(4,5)1(6)7/h5-8,11,14,16-17,20,22H,3-4,9-10,12-13,15,25H2,1-2H3,(H,26,28);(H,6,7)/t17-,20-,22?;. The summed E-state index contributed by atoms with van der Waals surface area (Å²) < 4.78 is 59.9. The van der Waals surface area contributed by atoms with Crippen LogP contribution >= 0.6 is 0 Å². The second-order valence-electron chi connectivity index (χ2n) is 9.36. The number of carboxylic acids is 1. The van der Waals surface area contributed by atoms with E-state index in [1.54, 1.807) is 11.0 Å². The van der Waals surface area contributed by atoms with Gasteiger partial charge in [0.1, 0.15) is 5.92 Å². The minimum Gasteiger partial charge on any atom is -0.475 e. The van der Waals surface area contributed by atoms with Gasteiger partial charge in [-0.05, 0) is 74.8 Å². The Labute approximate surface area is 225 Å². The van der Waals surface area contributed by atoms with Crippen molar-refractivity contribution in [3.8, 4) is 0 Å². The zero-order chi connectivity index (χ0) is 29.4. The predicted octanol–water partition coefficient (Wildman–Crippen LogP) is 3.67. The van der Waals surface area contributed by atoms with Gasteiger partial charge in [-0.2, -0.15) is 13.2 Å². The molecule has 0 saturated heterocycles. The van der Waals surface area contributed by atoms with Crippen molar-refractivity contribution in [2.24, 2.45) is 17.6 Å². The second-order valence-corrected chi connectivity index (χ2v) is 11.0. The van der Waals surface area contributed by atoms with Gasteiger partial charge in [-0.25, -0.2) is 17.9 Å². The lowest BCUT2D eigenvalue weighted by molar-refractivity contribution is -0.192. The Morgan fingerprint density at radius 1 is 1.03 bits per heavy atom. The van der Waals surface area contributed by atoms with Gasteiger partial charge < -0.3 is 15.7 Å². The Morgan fingerprint density at radius 2 is 1.56 bits per heavy atom. The van der Waals surface area contributed by atoms with Crippen molar-refractivity contribution >= 4 is 38.6 Å². The Morgan fingerprint density at radius 3 is 2.08 bits per heavy atom. The number of aliphatic carboxylic acids is 1. The Kier molecular flexibility index (Phi) is 11.3. The number of sulfonamides is 1. The molecule has 0 radical (unpaired) electrons. The van der Waals surface area contributed by atoms with E-state index in [-0.39, 0.29) is 22.8 Å². The molecule has 2 amide bonds. The third kappa shape index (κ3) is 9.20. The zero-order valence-corrected chi connectivity index (χ0v) is 22.6. The molecular formula is C26H34F3N3O6S. The molecule has 0 aromatic heterocycles. The van der Waals surface area contributed by atoms with Gasteiger partial charge in [0, 0.05) is 19.1 Å². The van der Waals surface area contributed by atoms with Crippen LogP contribution in [-0.4, -0.2) is 61.5 Å². The molecule has 1 atom stereocenters. The van der Waals surface area contributed by atoms with Crippen LogP contribution in [0.15, 0.2) is 47.4 Å². The summed E-state index contributed by atoms with van der Waals surface area (Å²) in [5.74, 6) is -4.70. The Hall–Kier alpha value is -3.19. The number of carboxylic acid groups (broad SMARTS) is 1. The number of hydrogen-bond acceptors (Lipinski definition) is 6. The smallest absolute Gasteiger partial charge is 0.475 e. The minimum absolute atomic E-state index is 0.00206. The Bertz CT molecular complexity index is 1260. The average molecular weight is 574 g/mol. The van der Waals surface area contributed by atoms with Gasteiger partial charge in [-0.1, -0.05) is 30.3 Å². The quantitative estimate of drug-likeness (QED) is 0.408. The highest BCUT2D eigenvalue weighted by atomic mass is 32.2. The van der Waals surface area contributed by atoms with E-state index >= 15 is 0 Å². The zero-order valence-electron chi connectivity index (χ0n) is 21.8. The first-order chi connectivity index (χ1) is 18.2. The monoisotopic (exact) mass is 573 g/mol. The maximum absolute atomic E-state index is 13.1. The number of benzene rings is 2. The van der Waals surface area contributed by atoms with Crippen LogP contribution in [0.3, 0.4) is 0 Å². The van der Waals surface area contributed by atoms with Crippen molar-refractivity contribution in [3.63, 3.8) is 0 Å². The summed E-state index contributed by atoms with van der Waals surface area (Å²) in [7, 11) is -4.11. The van der Waals surface area contributed by atoms with Gasteiger partial charge in [-0.3, -0.25) is 9.59 Å². The fourth-order valence-corrected chi connectivity index (χ4v) is 5.48. The molecule has 1 unspecified atom stereocenters. The number of nitrogens with one attached hydrogen (secondary N) is 1. The number of nitrogens with zero attached hydrogens (tertiary/aromatic N) is 1. The van der Waals surface area contributed by atoms with E-state index in [4.69, 9.17) is 15.6 Å². The minimum atomic E-state index is -5.08. The number of rotatable bonds is 8.